The fourth-order valence-electron chi connectivity index (χ4n) is 2.10. The van der Waals surface area contributed by atoms with Crippen LogP contribution in [0.5, 0.6) is 0 Å². The van der Waals surface area contributed by atoms with E-state index in [9.17, 15) is 5.11 Å². The average molecular weight is 222 g/mol. The van der Waals surface area contributed by atoms with Crippen molar-refractivity contribution in [2.24, 2.45) is 0 Å². The van der Waals surface area contributed by atoms with Crippen molar-refractivity contribution in [1.82, 2.24) is 0 Å². The Labute approximate surface area is 95.9 Å². The lowest BCUT2D eigenvalue weighted by molar-refractivity contribution is 0.179. The summed E-state index contributed by atoms with van der Waals surface area (Å²) in [6, 6.07) is 8.26. The highest BCUT2D eigenvalue weighted by molar-refractivity contribution is 8.00. The Hall–Kier alpha value is -0.470. The molecular formula is C13H18OS. The molecule has 82 valence electrons. The van der Waals surface area contributed by atoms with Crippen LogP contribution in [0, 0.1) is 0 Å². The van der Waals surface area contributed by atoms with Gasteiger partial charge in [0, 0.05) is 10.00 Å². The summed E-state index contributed by atoms with van der Waals surface area (Å²) in [7, 11) is 0. The minimum Gasteiger partial charge on any atom is -0.388 e. The SMILES string of the molecule is CC(C)(C)S[C@H]1C[C@@H](O)c2ccccc21. The summed E-state index contributed by atoms with van der Waals surface area (Å²) >= 11 is 1.95. The number of hydrogen-bond donors (Lipinski definition) is 1. The van der Waals surface area contributed by atoms with Gasteiger partial charge in [-0.15, -0.1) is 11.8 Å². The van der Waals surface area contributed by atoms with Crippen LogP contribution in [-0.4, -0.2) is 9.85 Å². The van der Waals surface area contributed by atoms with Gasteiger partial charge in [-0.05, 0) is 17.5 Å². The first-order chi connectivity index (χ1) is 6.97. The fraction of sp³-hybridized carbons (Fsp3) is 0.538. The molecule has 1 aliphatic carbocycles. The number of aliphatic hydroxyl groups excluding tert-OH is 1. The van der Waals surface area contributed by atoms with Crippen molar-refractivity contribution in [1.29, 1.82) is 0 Å². The number of benzene rings is 1. The minimum absolute atomic E-state index is 0.252. The second-order valence-electron chi connectivity index (χ2n) is 5.10. The van der Waals surface area contributed by atoms with Gasteiger partial charge in [-0.2, -0.15) is 0 Å². The van der Waals surface area contributed by atoms with Gasteiger partial charge in [0.15, 0.2) is 0 Å². The van der Waals surface area contributed by atoms with Crippen molar-refractivity contribution >= 4 is 11.8 Å². The molecule has 0 aliphatic heterocycles. The van der Waals surface area contributed by atoms with E-state index in [1.54, 1.807) is 0 Å². The van der Waals surface area contributed by atoms with Crippen LogP contribution in [0.3, 0.4) is 0 Å². The van der Waals surface area contributed by atoms with Crippen LogP contribution >= 0.6 is 11.8 Å². The summed E-state index contributed by atoms with van der Waals surface area (Å²) in [4.78, 5) is 0. The number of fused-ring (bicyclic) bond motifs is 1. The van der Waals surface area contributed by atoms with Crippen LogP contribution in [0.15, 0.2) is 24.3 Å². The molecular weight excluding hydrogens is 204 g/mol. The second kappa shape index (κ2) is 3.84. The number of aliphatic hydroxyl groups is 1. The highest BCUT2D eigenvalue weighted by Gasteiger charge is 2.32. The van der Waals surface area contributed by atoms with Crippen molar-refractivity contribution in [2.75, 3.05) is 0 Å². The zero-order valence-electron chi connectivity index (χ0n) is 9.53. The first kappa shape index (κ1) is 11.0. The van der Waals surface area contributed by atoms with Gasteiger partial charge in [0.05, 0.1) is 6.10 Å². The highest BCUT2D eigenvalue weighted by Crippen LogP contribution is 2.50. The van der Waals surface area contributed by atoms with Crippen molar-refractivity contribution < 1.29 is 5.11 Å². The second-order valence-corrected chi connectivity index (χ2v) is 7.13. The van der Waals surface area contributed by atoms with E-state index in [1.807, 2.05) is 23.9 Å². The maximum Gasteiger partial charge on any atom is 0.0806 e. The first-order valence-electron chi connectivity index (χ1n) is 5.42. The van der Waals surface area contributed by atoms with Crippen LogP contribution in [0.2, 0.25) is 0 Å². The van der Waals surface area contributed by atoms with Gasteiger partial charge in [0.1, 0.15) is 0 Å². The molecule has 0 fully saturated rings. The molecule has 1 aromatic carbocycles. The molecule has 0 unspecified atom stereocenters. The molecule has 0 bridgehead atoms. The molecule has 1 N–H and O–H groups in total. The molecule has 0 spiro atoms. The van der Waals surface area contributed by atoms with Crippen molar-refractivity contribution in [3.8, 4) is 0 Å². The molecule has 2 atom stereocenters. The van der Waals surface area contributed by atoms with Crippen LogP contribution in [0.25, 0.3) is 0 Å². The topological polar surface area (TPSA) is 20.2 Å². The summed E-state index contributed by atoms with van der Waals surface area (Å²) in [6.07, 6.45) is 0.599. The smallest absolute Gasteiger partial charge is 0.0806 e. The number of hydrogen-bond acceptors (Lipinski definition) is 2. The van der Waals surface area contributed by atoms with Crippen LogP contribution in [-0.2, 0) is 0 Å². The molecule has 0 saturated heterocycles. The van der Waals surface area contributed by atoms with Crippen LogP contribution < -0.4 is 0 Å². The zero-order valence-corrected chi connectivity index (χ0v) is 10.3. The minimum atomic E-state index is -0.263. The first-order valence-corrected chi connectivity index (χ1v) is 6.30. The van der Waals surface area contributed by atoms with E-state index in [4.69, 9.17) is 0 Å². The Balaban J connectivity index is 2.25. The van der Waals surface area contributed by atoms with E-state index in [-0.39, 0.29) is 10.9 Å². The molecule has 2 rings (SSSR count). The summed E-state index contributed by atoms with van der Waals surface area (Å²) in [5.41, 5.74) is 2.45. The van der Waals surface area contributed by atoms with Crippen molar-refractivity contribution in [3.63, 3.8) is 0 Å². The summed E-state index contributed by atoms with van der Waals surface area (Å²) in [6.45, 7) is 6.68. The monoisotopic (exact) mass is 222 g/mol. The normalized spacial score (nSPS) is 25.3. The largest absolute Gasteiger partial charge is 0.388 e. The van der Waals surface area contributed by atoms with Crippen molar-refractivity contribution in [3.05, 3.63) is 35.4 Å². The van der Waals surface area contributed by atoms with E-state index in [1.165, 1.54) is 5.56 Å². The van der Waals surface area contributed by atoms with Gasteiger partial charge < -0.3 is 5.11 Å². The Kier molecular flexibility index (Phi) is 2.82. The maximum absolute atomic E-state index is 9.94. The highest BCUT2D eigenvalue weighted by atomic mass is 32.2. The van der Waals surface area contributed by atoms with Crippen LogP contribution in [0.4, 0.5) is 0 Å². The van der Waals surface area contributed by atoms with E-state index < -0.39 is 0 Å². The third kappa shape index (κ3) is 2.37. The molecule has 0 saturated carbocycles. The molecule has 0 heterocycles. The predicted octanol–water partition coefficient (Wildman–Crippen LogP) is 3.70. The van der Waals surface area contributed by atoms with Crippen molar-refractivity contribution in [2.45, 2.75) is 43.3 Å². The van der Waals surface area contributed by atoms with E-state index in [0.717, 1.165) is 12.0 Å². The van der Waals surface area contributed by atoms with Gasteiger partial charge in [-0.25, -0.2) is 0 Å². The lowest BCUT2D eigenvalue weighted by atomic mass is 10.1. The molecule has 1 nitrogen and oxygen atoms in total. The zero-order chi connectivity index (χ0) is 11.1. The van der Waals surface area contributed by atoms with Gasteiger partial charge in [0.25, 0.3) is 0 Å². The fourth-order valence-corrected chi connectivity index (χ4v) is 3.58. The van der Waals surface area contributed by atoms with Crippen LogP contribution in [0.1, 0.15) is 49.7 Å². The standard InChI is InChI=1S/C13H18OS/c1-13(2,3)15-12-8-11(14)9-6-4-5-7-10(9)12/h4-7,11-12,14H,8H2,1-3H3/t11-,12+/m1/s1. The van der Waals surface area contributed by atoms with E-state index in [2.05, 4.69) is 32.9 Å². The summed E-state index contributed by atoms with van der Waals surface area (Å²) in [5, 5.41) is 10.4. The Morgan fingerprint density at radius 1 is 1.20 bits per heavy atom. The summed E-state index contributed by atoms with van der Waals surface area (Å²) < 4.78 is 0.252. The Bertz CT molecular complexity index is 354. The van der Waals surface area contributed by atoms with Gasteiger partial charge >= 0.3 is 0 Å². The molecule has 1 aromatic rings. The third-order valence-corrected chi connectivity index (χ3v) is 4.07. The van der Waals surface area contributed by atoms with Gasteiger partial charge in [-0.3, -0.25) is 0 Å². The summed E-state index contributed by atoms with van der Waals surface area (Å²) in [5.74, 6) is 0. The molecule has 15 heavy (non-hydrogen) atoms. The number of thioether (sulfide) groups is 1. The lowest BCUT2D eigenvalue weighted by Crippen LogP contribution is -2.10. The Morgan fingerprint density at radius 3 is 2.40 bits per heavy atom. The molecule has 0 aromatic heterocycles. The van der Waals surface area contributed by atoms with Gasteiger partial charge in [0.2, 0.25) is 0 Å². The quantitative estimate of drug-likeness (QED) is 0.782. The average Bonchev–Trinajstić information content (AvgIpc) is 2.42. The molecule has 2 heteroatoms. The third-order valence-electron chi connectivity index (χ3n) is 2.64. The predicted molar refractivity (Wildman–Crippen MR) is 66.1 cm³/mol. The number of rotatable bonds is 1. The molecule has 1 aliphatic rings. The molecule has 0 amide bonds. The van der Waals surface area contributed by atoms with E-state index >= 15 is 0 Å². The maximum atomic E-state index is 9.94. The lowest BCUT2D eigenvalue weighted by Gasteiger charge is -2.23. The van der Waals surface area contributed by atoms with E-state index in [0.29, 0.717) is 5.25 Å². The van der Waals surface area contributed by atoms with Gasteiger partial charge in [-0.1, -0.05) is 45.0 Å². The molecule has 0 radical (unpaired) electrons. The Morgan fingerprint density at radius 2 is 1.80 bits per heavy atom.